The Labute approximate surface area is 135 Å². The number of hydrogen-bond acceptors (Lipinski definition) is 3. The first kappa shape index (κ1) is 16.3. The molecular formula is C17H20ClN3O. The van der Waals surface area contributed by atoms with Gasteiger partial charge in [-0.25, -0.2) is 4.98 Å². The zero-order chi connectivity index (χ0) is 16.1. The molecule has 1 atom stereocenters. The fourth-order valence-corrected chi connectivity index (χ4v) is 2.10. The molecule has 5 heteroatoms. The van der Waals surface area contributed by atoms with E-state index in [1.54, 1.807) is 12.1 Å². The molecule has 22 heavy (non-hydrogen) atoms. The highest BCUT2D eigenvalue weighted by Crippen LogP contribution is 2.19. The molecule has 1 heterocycles. The summed E-state index contributed by atoms with van der Waals surface area (Å²) in [5, 5.41) is 6.49. The van der Waals surface area contributed by atoms with Crippen LogP contribution in [0.15, 0.2) is 42.6 Å². The summed E-state index contributed by atoms with van der Waals surface area (Å²) in [6.45, 7) is 6.09. The normalized spacial score (nSPS) is 12.0. The lowest BCUT2D eigenvalue weighted by Gasteiger charge is -2.16. The van der Waals surface area contributed by atoms with Gasteiger partial charge in [0.1, 0.15) is 11.9 Å². The fourth-order valence-electron chi connectivity index (χ4n) is 1.99. The van der Waals surface area contributed by atoms with Crippen molar-refractivity contribution in [2.24, 2.45) is 0 Å². The van der Waals surface area contributed by atoms with Crippen LogP contribution >= 0.6 is 11.6 Å². The van der Waals surface area contributed by atoms with Crippen LogP contribution in [-0.2, 0) is 4.79 Å². The number of aromatic nitrogens is 1. The van der Waals surface area contributed by atoms with E-state index < -0.39 is 0 Å². The summed E-state index contributed by atoms with van der Waals surface area (Å²) in [5.41, 5.74) is 2.16. The van der Waals surface area contributed by atoms with E-state index in [2.05, 4.69) is 41.6 Å². The number of carbonyl (C=O) groups is 1. The van der Waals surface area contributed by atoms with Gasteiger partial charge in [-0.2, -0.15) is 0 Å². The first-order valence-corrected chi connectivity index (χ1v) is 7.62. The molecule has 0 saturated heterocycles. The van der Waals surface area contributed by atoms with Crippen LogP contribution in [0.2, 0.25) is 5.02 Å². The van der Waals surface area contributed by atoms with Gasteiger partial charge < -0.3 is 10.6 Å². The molecule has 2 N–H and O–H groups in total. The fraction of sp³-hybridized carbons (Fsp3) is 0.294. The predicted molar refractivity (Wildman–Crippen MR) is 91.5 cm³/mol. The molecule has 0 fully saturated rings. The topological polar surface area (TPSA) is 54.0 Å². The number of hydrogen-bond donors (Lipinski definition) is 2. The highest BCUT2D eigenvalue weighted by molar-refractivity contribution is 6.30. The van der Waals surface area contributed by atoms with Crippen molar-refractivity contribution in [1.82, 2.24) is 4.98 Å². The molecule has 0 aliphatic carbocycles. The van der Waals surface area contributed by atoms with Crippen LogP contribution in [-0.4, -0.2) is 16.9 Å². The molecule has 1 aromatic carbocycles. The number of benzene rings is 1. The molecule has 1 amide bonds. The molecule has 0 saturated carbocycles. The zero-order valence-electron chi connectivity index (χ0n) is 12.9. The minimum absolute atomic E-state index is 0.148. The van der Waals surface area contributed by atoms with Gasteiger partial charge in [0.15, 0.2) is 0 Å². The Balaban J connectivity index is 1.99. The number of pyridine rings is 1. The third-order valence-corrected chi connectivity index (χ3v) is 3.53. The van der Waals surface area contributed by atoms with Gasteiger partial charge in [-0.1, -0.05) is 37.6 Å². The Kier molecular flexibility index (Phi) is 5.39. The summed E-state index contributed by atoms with van der Waals surface area (Å²) < 4.78 is 0. The van der Waals surface area contributed by atoms with Crippen LogP contribution in [0.1, 0.15) is 32.3 Å². The molecule has 116 valence electrons. The predicted octanol–water partition coefficient (Wildman–Crippen LogP) is 4.30. The molecule has 0 spiro atoms. The highest BCUT2D eigenvalue weighted by atomic mass is 35.5. The van der Waals surface area contributed by atoms with Gasteiger partial charge in [0, 0.05) is 11.9 Å². The number of nitrogens with one attached hydrogen (secondary N) is 2. The SMILES string of the molecule is CC(Nc1cccc(C(C)C)c1)C(=O)Nc1ccc(Cl)cn1. The lowest BCUT2D eigenvalue weighted by Crippen LogP contribution is -2.32. The van der Waals surface area contributed by atoms with Crippen molar-refractivity contribution in [2.45, 2.75) is 32.7 Å². The number of rotatable bonds is 5. The van der Waals surface area contributed by atoms with E-state index in [4.69, 9.17) is 11.6 Å². The van der Waals surface area contributed by atoms with Gasteiger partial charge in [0.25, 0.3) is 0 Å². The van der Waals surface area contributed by atoms with E-state index in [0.29, 0.717) is 16.8 Å². The van der Waals surface area contributed by atoms with Gasteiger partial charge in [-0.3, -0.25) is 4.79 Å². The van der Waals surface area contributed by atoms with Crippen molar-refractivity contribution in [3.05, 3.63) is 53.2 Å². The van der Waals surface area contributed by atoms with Crippen molar-refractivity contribution in [3.63, 3.8) is 0 Å². The van der Waals surface area contributed by atoms with Crippen LogP contribution in [0, 0.1) is 0 Å². The number of anilines is 2. The maximum absolute atomic E-state index is 12.2. The molecule has 0 aliphatic rings. The van der Waals surface area contributed by atoms with E-state index in [9.17, 15) is 4.79 Å². The first-order chi connectivity index (χ1) is 10.5. The Morgan fingerprint density at radius 3 is 2.59 bits per heavy atom. The third kappa shape index (κ3) is 4.46. The van der Waals surface area contributed by atoms with Gasteiger partial charge in [0.2, 0.25) is 5.91 Å². The second-order valence-corrected chi connectivity index (χ2v) is 5.93. The van der Waals surface area contributed by atoms with E-state index in [1.807, 2.05) is 19.1 Å². The van der Waals surface area contributed by atoms with E-state index >= 15 is 0 Å². The molecule has 1 aromatic heterocycles. The lowest BCUT2D eigenvalue weighted by molar-refractivity contribution is -0.116. The maximum atomic E-state index is 12.2. The summed E-state index contributed by atoms with van der Waals surface area (Å²) >= 11 is 5.77. The Bertz CT molecular complexity index is 641. The average Bonchev–Trinajstić information content (AvgIpc) is 2.49. The average molecular weight is 318 g/mol. The minimum atomic E-state index is -0.375. The standard InChI is InChI=1S/C17H20ClN3O/c1-11(2)13-5-4-6-15(9-13)20-12(3)17(22)21-16-8-7-14(18)10-19-16/h4-12,20H,1-3H3,(H,19,21,22). The van der Waals surface area contributed by atoms with E-state index in [1.165, 1.54) is 11.8 Å². The highest BCUT2D eigenvalue weighted by Gasteiger charge is 2.13. The van der Waals surface area contributed by atoms with Crippen molar-refractivity contribution in [3.8, 4) is 0 Å². The molecule has 0 bridgehead atoms. The summed E-state index contributed by atoms with van der Waals surface area (Å²) in [4.78, 5) is 16.2. The second kappa shape index (κ2) is 7.27. The van der Waals surface area contributed by atoms with Gasteiger partial charge in [-0.05, 0) is 42.7 Å². The summed E-state index contributed by atoms with van der Waals surface area (Å²) in [6.07, 6.45) is 1.50. The molecular weight excluding hydrogens is 298 g/mol. The number of amides is 1. The lowest BCUT2D eigenvalue weighted by atomic mass is 10.0. The summed E-state index contributed by atoms with van der Waals surface area (Å²) in [7, 11) is 0. The molecule has 2 aromatic rings. The first-order valence-electron chi connectivity index (χ1n) is 7.24. The van der Waals surface area contributed by atoms with Gasteiger partial charge in [-0.15, -0.1) is 0 Å². The van der Waals surface area contributed by atoms with Crippen molar-refractivity contribution < 1.29 is 4.79 Å². The second-order valence-electron chi connectivity index (χ2n) is 5.50. The zero-order valence-corrected chi connectivity index (χ0v) is 13.7. The molecule has 0 radical (unpaired) electrons. The third-order valence-electron chi connectivity index (χ3n) is 3.31. The minimum Gasteiger partial charge on any atom is -0.374 e. The van der Waals surface area contributed by atoms with E-state index in [-0.39, 0.29) is 11.9 Å². The van der Waals surface area contributed by atoms with Crippen molar-refractivity contribution in [2.75, 3.05) is 10.6 Å². The van der Waals surface area contributed by atoms with Crippen molar-refractivity contribution in [1.29, 1.82) is 0 Å². The van der Waals surface area contributed by atoms with Crippen LogP contribution < -0.4 is 10.6 Å². The molecule has 2 rings (SSSR count). The smallest absolute Gasteiger partial charge is 0.247 e. The summed E-state index contributed by atoms with van der Waals surface area (Å²) in [6, 6.07) is 11.1. The number of halogens is 1. The maximum Gasteiger partial charge on any atom is 0.247 e. The van der Waals surface area contributed by atoms with Crippen LogP contribution in [0.3, 0.4) is 0 Å². The summed E-state index contributed by atoms with van der Waals surface area (Å²) in [5.74, 6) is 0.785. The number of carbonyl (C=O) groups excluding carboxylic acids is 1. The monoisotopic (exact) mass is 317 g/mol. The Morgan fingerprint density at radius 2 is 1.95 bits per heavy atom. The Hall–Kier alpha value is -2.07. The molecule has 0 aliphatic heterocycles. The van der Waals surface area contributed by atoms with Crippen LogP contribution in [0.4, 0.5) is 11.5 Å². The van der Waals surface area contributed by atoms with Gasteiger partial charge >= 0.3 is 0 Å². The largest absolute Gasteiger partial charge is 0.374 e. The quantitative estimate of drug-likeness (QED) is 0.864. The van der Waals surface area contributed by atoms with Crippen LogP contribution in [0.25, 0.3) is 0 Å². The van der Waals surface area contributed by atoms with Crippen molar-refractivity contribution >= 4 is 29.0 Å². The Morgan fingerprint density at radius 1 is 1.18 bits per heavy atom. The van der Waals surface area contributed by atoms with Gasteiger partial charge in [0.05, 0.1) is 5.02 Å². The molecule has 4 nitrogen and oxygen atoms in total. The van der Waals surface area contributed by atoms with E-state index in [0.717, 1.165) is 5.69 Å². The number of nitrogens with zero attached hydrogens (tertiary/aromatic N) is 1. The van der Waals surface area contributed by atoms with Crippen LogP contribution in [0.5, 0.6) is 0 Å². The molecule has 1 unspecified atom stereocenters.